The fourth-order valence-corrected chi connectivity index (χ4v) is 4.32. The number of aryl methyl sites for hydroxylation is 3. The van der Waals surface area contributed by atoms with E-state index in [1.54, 1.807) is 0 Å². The Labute approximate surface area is 156 Å². The maximum Gasteiger partial charge on any atom is 0.262 e. The number of hydrogen-bond acceptors (Lipinski definition) is 5. The molecule has 2 N–H and O–H groups in total. The van der Waals surface area contributed by atoms with E-state index >= 15 is 0 Å². The van der Waals surface area contributed by atoms with Crippen molar-refractivity contribution < 1.29 is 17.9 Å². The molecule has 140 valence electrons. The van der Waals surface area contributed by atoms with Gasteiger partial charge >= 0.3 is 0 Å². The molecule has 0 saturated carbocycles. The highest BCUT2D eigenvalue weighted by Crippen LogP contribution is 2.35. The molecule has 0 unspecified atom stereocenters. The number of hydrogen-bond donors (Lipinski definition) is 2. The quantitative estimate of drug-likeness (QED) is 0.723. The summed E-state index contributed by atoms with van der Waals surface area (Å²) in [6, 6.07) is 4.66. The molecule has 2 heterocycles. The second-order valence-corrected chi connectivity index (χ2v) is 8.16. The van der Waals surface area contributed by atoms with E-state index in [1.165, 1.54) is 12.1 Å². The smallest absolute Gasteiger partial charge is 0.262 e. The van der Waals surface area contributed by atoms with Gasteiger partial charge in [-0.1, -0.05) is 11.6 Å². The van der Waals surface area contributed by atoms with Crippen molar-refractivity contribution in [3.63, 3.8) is 0 Å². The molecule has 26 heavy (non-hydrogen) atoms. The zero-order chi connectivity index (χ0) is 18.9. The van der Waals surface area contributed by atoms with Crippen molar-refractivity contribution in [2.45, 2.75) is 31.7 Å². The molecule has 1 amide bonds. The summed E-state index contributed by atoms with van der Waals surface area (Å²) in [6.45, 7) is 4.55. The molecule has 1 aliphatic rings. The highest BCUT2D eigenvalue weighted by Gasteiger charge is 2.24. The van der Waals surface area contributed by atoms with Gasteiger partial charge in [0, 0.05) is 24.8 Å². The van der Waals surface area contributed by atoms with E-state index in [4.69, 9.17) is 16.3 Å². The number of halogens is 1. The zero-order valence-corrected chi connectivity index (χ0v) is 15.9. The minimum absolute atomic E-state index is 0.0144. The largest absolute Gasteiger partial charge is 0.482 e. The zero-order valence-electron chi connectivity index (χ0n) is 14.4. The summed E-state index contributed by atoms with van der Waals surface area (Å²) in [6.07, 6.45) is 0.580. The van der Waals surface area contributed by atoms with Crippen LogP contribution in [0, 0.1) is 13.8 Å². The van der Waals surface area contributed by atoms with Crippen LogP contribution < -0.4 is 14.8 Å². The number of aromatic nitrogens is 2. The van der Waals surface area contributed by atoms with Crippen LogP contribution in [0.5, 0.6) is 5.75 Å². The Morgan fingerprint density at radius 1 is 1.35 bits per heavy atom. The third-order valence-electron chi connectivity index (χ3n) is 3.90. The molecule has 0 fully saturated rings. The number of fused-ring (bicyclic) bond motifs is 1. The molecular weight excluding hydrogens is 380 g/mol. The summed E-state index contributed by atoms with van der Waals surface area (Å²) in [7, 11) is -3.80. The molecule has 1 aliphatic heterocycles. The van der Waals surface area contributed by atoms with Crippen LogP contribution in [0.3, 0.4) is 0 Å². The fourth-order valence-electron chi connectivity index (χ4n) is 2.70. The molecule has 10 heteroatoms. The molecule has 0 saturated heterocycles. The van der Waals surface area contributed by atoms with E-state index in [9.17, 15) is 13.2 Å². The molecule has 2 aromatic rings. The molecule has 0 spiro atoms. The standard InChI is InChI=1S/C16H19ClN4O4S/c1-10-6-11(2)21(20-10)5-3-4-18-26(23,24)15-8-14-13(7-12(15)17)19-16(22)9-25-14/h6-8,18H,3-5,9H2,1-2H3,(H,19,22). The Bertz CT molecular complexity index is 955. The van der Waals surface area contributed by atoms with E-state index in [1.807, 2.05) is 24.6 Å². The van der Waals surface area contributed by atoms with Gasteiger partial charge in [-0.3, -0.25) is 9.48 Å². The van der Waals surface area contributed by atoms with Crippen LogP contribution in [-0.2, 0) is 21.4 Å². The first-order chi connectivity index (χ1) is 12.3. The molecule has 0 aliphatic carbocycles. The van der Waals surface area contributed by atoms with Crippen LogP contribution in [0.1, 0.15) is 17.8 Å². The first-order valence-corrected chi connectivity index (χ1v) is 9.89. The molecule has 1 aromatic carbocycles. The lowest BCUT2D eigenvalue weighted by atomic mass is 10.2. The summed E-state index contributed by atoms with van der Waals surface area (Å²) >= 11 is 6.09. The minimum Gasteiger partial charge on any atom is -0.482 e. The monoisotopic (exact) mass is 398 g/mol. The second-order valence-electron chi connectivity index (χ2n) is 6.02. The fraction of sp³-hybridized carbons (Fsp3) is 0.375. The van der Waals surface area contributed by atoms with Gasteiger partial charge in [0.15, 0.2) is 6.61 Å². The van der Waals surface area contributed by atoms with Gasteiger partial charge in [-0.15, -0.1) is 0 Å². The number of ether oxygens (including phenoxy) is 1. The van der Waals surface area contributed by atoms with Crippen molar-refractivity contribution >= 4 is 33.2 Å². The maximum atomic E-state index is 12.5. The van der Waals surface area contributed by atoms with E-state index < -0.39 is 10.0 Å². The van der Waals surface area contributed by atoms with Crippen molar-refractivity contribution in [2.75, 3.05) is 18.5 Å². The third-order valence-corrected chi connectivity index (χ3v) is 5.82. The molecule has 0 bridgehead atoms. The first-order valence-electron chi connectivity index (χ1n) is 8.03. The number of rotatable bonds is 6. The molecular formula is C16H19ClN4O4S. The Morgan fingerprint density at radius 2 is 2.12 bits per heavy atom. The van der Waals surface area contributed by atoms with E-state index in [0.717, 1.165) is 11.4 Å². The van der Waals surface area contributed by atoms with Crippen molar-refractivity contribution in [2.24, 2.45) is 0 Å². The summed E-state index contributed by atoms with van der Waals surface area (Å²) < 4.78 is 34.7. The summed E-state index contributed by atoms with van der Waals surface area (Å²) in [5.41, 5.74) is 2.31. The first kappa shape index (κ1) is 18.7. The van der Waals surface area contributed by atoms with Crippen LogP contribution in [0.25, 0.3) is 0 Å². The minimum atomic E-state index is -3.80. The van der Waals surface area contributed by atoms with Crippen LogP contribution in [0.15, 0.2) is 23.1 Å². The Hall–Kier alpha value is -2.10. The van der Waals surface area contributed by atoms with Crippen LogP contribution in [-0.4, -0.2) is 37.3 Å². The van der Waals surface area contributed by atoms with Gasteiger partial charge in [-0.25, -0.2) is 13.1 Å². The number of nitrogens with zero attached hydrogens (tertiary/aromatic N) is 2. The topological polar surface area (TPSA) is 102 Å². The summed E-state index contributed by atoms with van der Waals surface area (Å²) in [5, 5.41) is 6.94. The number of carbonyl (C=O) groups is 1. The van der Waals surface area contributed by atoms with Gasteiger partial charge in [0.05, 0.1) is 16.4 Å². The number of nitrogens with one attached hydrogen (secondary N) is 2. The number of anilines is 1. The molecule has 3 rings (SSSR count). The normalized spacial score (nSPS) is 13.9. The third kappa shape index (κ3) is 4.00. The molecule has 8 nitrogen and oxygen atoms in total. The summed E-state index contributed by atoms with van der Waals surface area (Å²) in [5.74, 6) is -0.0385. The lowest BCUT2D eigenvalue weighted by Crippen LogP contribution is -2.28. The van der Waals surface area contributed by atoms with Crippen molar-refractivity contribution in [3.05, 3.63) is 34.6 Å². The second kappa shape index (κ2) is 7.26. The average molecular weight is 399 g/mol. The van der Waals surface area contributed by atoms with Crippen LogP contribution >= 0.6 is 11.6 Å². The number of carbonyl (C=O) groups excluding carboxylic acids is 1. The van der Waals surface area contributed by atoms with E-state index in [0.29, 0.717) is 18.7 Å². The average Bonchev–Trinajstić information content (AvgIpc) is 2.88. The molecule has 0 atom stereocenters. The Kier molecular flexibility index (Phi) is 5.22. The van der Waals surface area contributed by atoms with Crippen LogP contribution in [0.4, 0.5) is 5.69 Å². The predicted molar refractivity (Wildman–Crippen MR) is 97.1 cm³/mol. The van der Waals surface area contributed by atoms with Gasteiger partial charge in [0.1, 0.15) is 10.6 Å². The number of amides is 1. The highest BCUT2D eigenvalue weighted by molar-refractivity contribution is 7.89. The molecule has 0 radical (unpaired) electrons. The number of sulfonamides is 1. The maximum absolute atomic E-state index is 12.5. The SMILES string of the molecule is Cc1cc(C)n(CCCNS(=O)(=O)c2cc3c(cc2Cl)NC(=O)CO3)n1. The van der Waals surface area contributed by atoms with Crippen molar-refractivity contribution in [3.8, 4) is 5.75 Å². The van der Waals surface area contributed by atoms with Crippen molar-refractivity contribution in [1.29, 1.82) is 0 Å². The van der Waals surface area contributed by atoms with Gasteiger partial charge in [0.2, 0.25) is 10.0 Å². The predicted octanol–water partition coefficient (Wildman–Crippen LogP) is 1.85. The van der Waals surface area contributed by atoms with Gasteiger partial charge < -0.3 is 10.1 Å². The van der Waals surface area contributed by atoms with Gasteiger partial charge in [-0.2, -0.15) is 5.10 Å². The lowest BCUT2D eigenvalue weighted by molar-refractivity contribution is -0.118. The van der Waals surface area contributed by atoms with Crippen molar-refractivity contribution in [1.82, 2.24) is 14.5 Å². The summed E-state index contributed by atoms with van der Waals surface area (Å²) in [4.78, 5) is 11.2. The highest BCUT2D eigenvalue weighted by atomic mass is 35.5. The number of benzene rings is 1. The molecule has 1 aromatic heterocycles. The Balaban J connectivity index is 1.66. The van der Waals surface area contributed by atoms with E-state index in [-0.39, 0.29) is 34.7 Å². The van der Waals surface area contributed by atoms with Gasteiger partial charge in [0.25, 0.3) is 5.91 Å². The Morgan fingerprint density at radius 3 is 2.81 bits per heavy atom. The van der Waals surface area contributed by atoms with Crippen LogP contribution in [0.2, 0.25) is 5.02 Å². The van der Waals surface area contributed by atoms with Gasteiger partial charge in [-0.05, 0) is 32.4 Å². The van der Waals surface area contributed by atoms with E-state index in [2.05, 4.69) is 15.1 Å². The lowest BCUT2D eigenvalue weighted by Gasteiger charge is -2.19.